The van der Waals surface area contributed by atoms with Crippen molar-refractivity contribution in [1.82, 2.24) is 10.3 Å². The maximum absolute atomic E-state index is 13.0. The average Bonchev–Trinajstić information content (AvgIpc) is 2.82. The van der Waals surface area contributed by atoms with Gasteiger partial charge in [-0.2, -0.15) is 11.8 Å². The van der Waals surface area contributed by atoms with E-state index in [1.54, 1.807) is 12.1 Å². The number of aromatic hydroxyl groups is 1. The highest BCUT2D eigenvalue weighted by Gasteiger charge is 2.22. The molecule has 6 nitrogen and oxygen atoms in total. The van der Waals surface area contributed by atoms with Gasteiger partial charge in [-0.1, -0.05) is 13.0 Å². The van der Waals surface area contributed by atoms with E-state index < -0.39 is 5.82 Å². The van der Waals surface area contributed by atoms with Gasteiger partial charge in [0.2, 0.25) is 5.88 Å². The van der Waals surface area contributed by atoms with Crippen LogP contribution in [-0.2, 0) is 0 Å². The molecular formula is C27H35FN2O4S. The minimum atomic E-state index is -0.512. The number of amides is 1. The number of carbonyl (C=O) groups is 2. The van der Waals surface area contributed by atoms with E-state index in [1.807, 2.05) is 24.8 Å². The summed E-state index contributed by atoms with van der Waals surface area (Å²) in [6.07, 6.45) is 7.49. The highest BCUT2D eigenvalue weighted by molar-refractivity contribution is 7.99. The van der Waals surface area contributed by atoms with Crippen molar-refractivity contribution in [2.45, 2.75) is 71.4 Å². The second-order valence-electron chi connectivity index (χ2n) is 9.44. The van der Waals surface area contributed by atoms with E-state index in [4.69, 9.17) is 4.74 Å². The molecule has 1 aromatic carbocycles. The number of ketones is 1. The lowest BCUT2D eigenvalue weighted by molar-refractivity contribution is 0.0919. The number of Topliss-reactive ketones (excluding diaryl/α,β-unsaturated/α-hetero) is 1. The first-order valence-corrected chi connectivity index (χ1v) is 13.4. The number of nitrogens with one attached hydrogen (secondary N) is 1. The van der Waals surface area contributed by atoms with Gasteiger partial charge in [0.25, 0.3) is 5.91 Å². The van der Waals surface area contributed by atoms with Crippen LogP contribution in [0.5, 0.6) is 11.6 Å². The average molecular weight is 503 g/mol. The zero-order valence-corrected chi connectivity index (χ0v) is 21.5. The summed E-state index contributed by atoms with van der Waals surface area (Å²) in [5, 5.41) is 12.8. The third-order valence-corrected chi connectivity index (χ3v) is 7.44. The molecule has 0 unspecified atom stereocenters. The van der Waals surface area contributed by atoms with Crippen LogP contribution in [-0.4, -0.2) is 45.4 Å². The van der Waals surface area contributed by atoms with E-state index in [1.165, 1.54) is 25.8 Å². The van der Waals surface area contributed by atoms with Crippen LogP contribution in [0.1, 0.15) is 78.7 Å². The number of aromatic nitrogens is 1. The van der Waals surface area contributed by atoms with Crippen LogP contribution in [0.3, 0.4) is 0 Å². The van der Waals surface area contributed by atoms with Gasteiger partial charge in [-0.3, -0.25) is 9.59 Å². The molecule has 0 radical (unpaired) electrons. The van der Waals surface area contributed by atoms with E-state index in [0.29, 0.717) is 5.56 Å². The molecule has 1 aliphatic heterocycles. The molecule has 1 aromatic heterocycles. The van der Waals surface area contributed by atoms with Gasteiger partial charge < -0.3 is 15.2 Å². The van der Waals surface area contributed by atoms with Gasteiger partial charge in [0.05, 0.1) is 17.3 Å². The smallest absolute Gasteiger partial charge is 0.255 e. The molecule has 1 saturated heterocycles. The van der Waals surface area contributed by atoms with Crippen LogP contribution in [0, 0.1) is 18.7 Å². The van der Waals surface area contributed by atoms with Gasteiger partial charge in [-0.15, -0.1) is 0 Å². The van der Waals surface area contributed by atoms with Crippen molar-refractivity contribution < 1.29 is 23.8 Å². The number of phenols is 1. The Balaban J connectivity index is 0.000000196. The molecule has 2 aliphatic rings. The first-order valence-electron chi connectivity index (χ1n) is 12.2. The lowest BCUT2D eigenvalue weighted by Crippen LogP contribution is -2.37. The third kappa shape index (κ3) is 8.23. The summed E-state index contributed by atoms with van der Waals surface area (Å²) >= 11 is 1.89. The number of benzene rings is 1. The summed E-state index contributed by atoms with van der Waals surface area (Å²) in [5.74, 6) is 2.31. The number of rotatable bonds is 5. The first-order chi connectivity index (χ1) is 16.7. The molecular weight excluding hydrogens is 467 g/mol. The SMILES string of the molecule is CC(=O)c1cc(F)cnc1OC1CCSCC1.Cc1ccc(C(=O)NC2CCC(C)CC2)c(O)c1. The summed E-state index contributed by atoms with van der Waals surface area (Å²) in [4.78, 5) is 27.3. The second kappa shape index (κ2) is 12.9. The fraction of sp³-hybridized carbons (Fsp3) is 0.519. The monoisotopic (exact) mass is 502 g/mol. The maximum Gasteiger partial charge on any atom is 0.255 e. The quantitative estimate of drug-likeness (QED) is 0.510. The summed E-state index contributed by atoms with van der Waals surface area (Å²) in [6.45, 7) is 5.54. The van der Waals surface area contributed by atoms with E-state index in [0.717, 1.165) is 54.9 Å². The first kappa shape index (κ1) is 27.0. The Bertz CT molecular complexity index is 1020. The summed E-state index contributed by atoms with van der Waals surface area (Å²) in [7, 11) is 0. The van der Waals surface area contributed by atoms with Crippen LogP contribution in [0.25, 0.3) is 0 Å². The van der Waals surface area contributed by atoms with Crippen LogP contribution in [0.4, 0.5) is 4.39 Å². The molecule has 2 heterocycles. The van der Waals surface area contributed by atoms with Gasteiger partial charge in [0.15, 0.2) is 5.78 Å². The van der Waals surface area contributed by atoms with Crippen molar-refractivity contribution in [2.75, 3.05) is 11.5 Å². The van der Waals surface area contributed by atoms with Crippen LogP contribution in [0.2, 0.25) is 0 Å². The molecule has 2 N–H and O–H groups in total. The topological polar surface area (TPSA) is 88.5 Å². The Labute approximate surface area is 211 Å². The van der Waals surface area contributed by atoms with Gasteiger partial charge >= 0.3 is 0 Å². The number of pyridine rings is 1. The lowest BCUT2D eigenvalue weighted by Gasteiger charge is -2.27. The molecule has 0 bridgehead atoms. The predicted octanol–water partition coefficient (Wildman–Crippen LogP) is 5.71. The fourth-order valence-corrected chi connectivity index (χ4v) is 5.29. The minimum absolute atomic E-state index is 0.0664. The molecule has 2 fully saturated rings. The highest BCUT2D eigenvalue weighted by Crippen LogP contribution is 2.26. The number of phenolic OH excluding ortho intramolecular Hbond substituents is 1. The molecule has 1 aliphatic carbocycles. The number of carbonyl (C=O) groups excluding carboxylic acids is 2. The molecule has 0 spiro atoms. The Morgan fingerprint density at radius 2 is 1.77 bits per heavy atom. The number of nitrogens with zero attached hydrogens (tertiary/aromatic N) is 1. The van der Waals surface area contributed by atoms with Crippen molar-refractivity contribution in [3.8, 4) is 11.6 Å². The lowest BCUT2D eigenvalue weighted by atomic mass is 9.87. The predicted molar refractivity (Wildman–Crippen MR) is 137 cm³/mol. The Kier molecular flexibility index (Phi) is 9.95. The highest BCUT2D eigenvalue weighted by atomic mass is 32.2. The van der Waals surface area contributed by atoms with Crippen molar-refractivity contribution in [1.29, 1.82) is 0 Å². The molecule has 4 rings (SSSR count). The number of aryl methyl sites for hydroxylation is 1. The van der Waals surface area contributed by atoms with Crippen molar-refractivity contribution in [3.63, 3.8) is 0 Å². The molecule has 0 atom stereocenters. The normalized spacial score (nSPS) is 20.3. The van der Waals surface area contributed by atoms with E-state index in [-0.39, 0.29) is 41.0 Å². The maximum atomic E-state index is 13.0. The van der Waals surface area contributed by atoms with E-state index in [9.17, 15) is 19.1 Å². The molecule has 35 heavy (non-hydrogen) atoms. The third-order valence-electron chi connectivity index (χ3n) is 6.39. The molecule has 8 heteroatoms. The number of halogens is 1. The molecule has 2 aromatic rings. The number of thioether (sulfide) groups is 1. The number of hydrogen-bond donors (Lipinski definition) is 2. The van der Waals surface area contributed by atoms with Crippen molar-refractivity contribution in [2.24, 2.45) is 5.92 Å². The van der Waals surface area contributed by atoms with Gasteiger partial charge in [-0.05, 0) is 93.6 Å². The summed E-state index contributed by atoms with van der Waals surface area (Å²) < 4.78 is 18.7. The van der Waals surface area contributed by atoms with E-state index >= 15 is 0 Å². The summed E-state index contributed by atoms with van der Waals surface area (Å²) in [5.41, 5.74) is 1.55. The van der Waals surface area contributed by atoms with E-state index in [2.05, 4.69) is 17.2 Å². The standard InChI is InChI=1S/C15H21NO2.C12H14FNO2S/c1-10-3-6-12(7-4-10)16-15(18)13-8-5-11(2)9-14(13)17;1-8(15)11-6-9(13)7-14-12(11)16-10-2-4-17-5-3-10/h5,8-10,12,17H,3-4,6-7H2,1-2H3,(H,16,18);6-7,10H,2-5H2,1H3. The minimum Gasteiger partial charge on any atom is -0.507 e. The zero-order valence-electron chi connectivity index (χ0n) is 20.7. The molecule has 1 saturated carbocycles. The van der Waals surface area contributed by atoms with Gasteiger partial charge in [-0.25, -0.2) is 9.37 Å². The summed E-state index contributed by atoms with van der Waals surface area (Å²) in [6, 6.07) is 6.60. The Hall–Kier alpha value is -2.61. The Morgan fingerprint density at radius 3 is 2.40 bits per heavy atom. The zero-order chi connectivity index (χ0) is 25.4. The molecule has 1 amide bonds. The number of hydrogen-bond acceptors (Lipinski definition) is 6. The van der Waals surface area contributed by atoms with Crippen LogP contribution < -0.4 is 10.1 Å². The number of ether oxygens (including phenoxy) is 1. The van der Waals surface area contributed by atoms with Crippen molar-refractivity contribution >= 4 is 23.5 Å². The van der Waals surface area contributed by atoms with Crippen LogP contribution >= 0.6 is 11.8 Å². The van der Waals surface area contributed by atoms with Crippen molar-refractivity contribution in [3.05, 3.63) is 53.0 Å². The second-order valence-corrected chi connectivity index (χ2v) is 10.7. The van der Waals surface area contributed by atoms with Gasteiger partial charge in [0, 0.05) is 6.04 Å². The molecule has 190 valence electrons. The Morgan fingerprint density at radius 1 is 1.09 bits per heavy atom. The van der Waals surface area contributed by atoms with Crippen LogP contribution in [0.15, 0.2) is 30.5 Å². The van der Waals surface area contributed by atoms with Gasteiger partial charge in [0.1, 0.15) is 17.7 Å². The largest absolute Gasteiger partial charge is 0.507 e. The fourth-order valence-electron chi connectivity index (χ4n) is 4.23.